The van der Waals surface area contributed by atoms with E-state index < -0.39 is 11.2 Å². The predicted octanol–water partition coefficient (Wildman–Crippen LogP) is -0.156. The normalized spacial score (nSPS) is 12.9. The van der Waals surface area contributed by atoms with E-state index in [1.165, 1.54) is 18.4 Å². The van der Waals surface area contributed by atoms with Crippen LogP contribution in [0.1, 0.15) is 0 Å². The van der Waals surface area contributed by atoms with Gasteiger partial charge >= 0.3 is 0 Å². The Labute approximate surface area is 88.9 Å². The average molecular weight is 224 g/mol. The summed E-state index contributed by atoms with van der Waals surface area (Å²) in [7, 11) is 0. The van der Waals surface area contributed by atoms with Crippen LogP contribution in [0.5, 0.6) is 0 Å². The molecule has 0 spiro atoms. The van der Waals surface area contributed by atoms with E-state index in [4.69, 9.17) is 0 Å². The van der Waals surface area contributed by atoms with Crippen LogP contribution in [0.4, 0.5) is 0 Å². The van der Waals surface area contributed by atoms with Crippen LogP contribution in [0.25, 0.3) is 11.0 Å². The molecule has 2 rings (SSSR count). The fraction of sp³-hybridized carbons (Fsp3) is 0.111. The molecular weight excluding hydrogens is 216 g/mol. The molecule has 78 valence electrons. The molecule has 1 heterocycles. The van der Waals surface area contributed by atoms with Gasteiger partial charge in [-0.2, -0.15) is 9.46 Å². The van der Waals surface area contributed by atoms with Crippen LogP contribution in [0.3, 0.4) is 0 Å². The van der Waals surface area contributed by atoms with Crippen LogP contribution in [-0.2, 0) is 11.2 Å². The van der Waals surface area contributed by atoms with Crippen molar-refractivity contribution in [2.45, 2.75) is 4.90 Å². The highest BCUT2D eigenvalue weighted by atomic mass is 32.2. The van der Waals surface area contributed by atoms with Gasteiger partial charge in [0.25, 0.3) is 11.0 Å². The highest BCUT2D eigenvalue weighted by Crippen LogP contribution is 2.13. The smallest absolute Gasteiger partial charge is 0.295 e. The van der Waals surface area contributed by atoms with Crippen LogP contribution >= 0.6 is 0 Å². The molecule has 5 nitrogen and oxygen atoms in total. The van der Waals surface area contributed by atoms with Crippen LogP contribution in [-0.4, -0.2) is 10.8 Å². The topological polar surface area (TPSA) is 76.9 Å². The Morgan fingerprint density at radius 2 is 1.67 bits per heavy atom. The van der Waals surface area contributed by atoms with Crippen LogP contribution in [0, 0.1) is 10.4 Å². The zero-order valence-corrected chi connectivity index (χ0v) is 8.73. The van der Waals surface area contributed by atoms with Crippen molar-refractivity contribution in [3.8, 4) is 0 Å². The zero-order chi connectivity index (χ0) is 11.0. The molecule has 0 radical (unpaired) electrons. The first-order valence-corrected chi connectivity index (χ1v) is 5.74. The third kappa shape index (κ3) is 1.69. The third-order valence-corrected chi connectivity index (χ3v) is 3.01. The summed E-state index contributed by atoms with van der Waals surface area (Å²) in [5, 5.41) is 22.7. The number of aromatic nitrogens is 2. The highest BCUT2D eigenvalue weighted by Gasteiger charge is 2.16. The number of hydrogen-bond donors (Lipinski definition) is 0. The van der Waals surface area contributed by atoms with Crippen molar-refractivity contribution in [2.24, 2.45) is 0 Å². The van der Waals surface area contributed by atoms with E-state index in [0.29, 0.717) is 14.4 Å². The Balaban J connectivity index is 2.76. The molecule has 6 heteroatoms. The first kappa shape index (κ1) is 10.0. The van der Waals surface area contributed by atoms with E-state index >= 15 is 0 Å². The highest BCUT2D eigenvalue weighted by molar-refractivity contribution is 7.90. The largest absolute Gasteiger partial charge is 0.618 e. The molecule has 0 aliphatic heterocycles. The second kappa shape index (κ2) is 3.56. The Bertz CT molecular complexity index is 516. The lowest BCUT2D eigenvalue weighted by Crippen LogP contribution is -2.36. The summed E-state index contributed by atoms with van der Waals surface area (Å²) in [5.74, 6) is 0. The molecule has 15 heavy (non-hydrogen) atoms. The van der Waals surface area contributed by atoms with Gasteiger partial charge in [-0.3, -0.25) is 0 Å². The van der Waals surface area contributed by atoms with Gasteiger partial charge in [-0.1, -0.05) is 0 Å². The molecular formula is C9H8N2O3S. The van der Waals surface area contributed by atoms with Gasteiger partial charge in [-0.15, -0.1) is 0 Å². The van der Waals surface area contributed by atoms with Crippen LogP contribution < -0.4 is 9.46 Å². The minimum atomic E-state index is -1.16. The first-order valence-electron chi connectivity index (χ1n) is 4.18. The van der Waals surface area contributed by atoms with Crippen molar-refractivity contribution >= 4 is 22.2 Å². The SMILES string of the molecule is C[S+]([O-])c1ccc2c(c1)[n+]([O-])cc[n+]2[O-]. The van der Waals surface area contributed by atoms with Gasteiger partial charge in [0.15, 0.2) is 4.90 Å². The van der Waals surface area contributed by atoms with Crippen LogP contribution in [0.2, 0.25) is 0 Å². The molecule has 0 amide bonds. The minimum absolute atomic E-state index is 0.222. The molecule has 1 unspecified atom stereocenters. The van der Waals surface area contributed by atoms with Gasteiger partial charge in [-0.05, 0) is 11.2 Å². The number of fused-ring (bicyclic) bond motifs is 1. The molecule has 0 N–H and O–H groups in total. The van der Waals surface area contributed by atoms with E-state index in [9.17, 15) is 15.0 Å². The molecule has 2 aromatic rings. The maximum Gasteiger partial charge on any atom is 0.295 e. The second-order valence-electron chi connectivity index (χ2n) is 3.05. The maximum absolute atomic E-state index is 11.4. The van der Waals surface area contributed by atoms with E-state index in [1.54, 1.807) is 6.07 Å². The lowest BCUT2D eigenvalue weighted by atomic mass is 10.3. The quantitative estimate of drug-likeness (QED) is 0.384. The summed E-state index contributed by atoms with van der Waals surface area (Å²) < 4.78 is 12.4. The summed E-state index contributed by atoms with van der Waals surface area (Å²) in [5.41, 5.74) is 0.488. The van der Waals surface area contributed by atoms with Gasteiger partial charge in [0, 0.05) is 12.1 Å². The Hall–Kier alpha value is -1.53. The number of rotatable bonds is 1. The molecule has 1 atom stereocenters. The summed E-state index contributed by atoms with van der Waals surface area (Å²) in [4.78, 5) is 0.526. The van der Waals surface area contributed by atoms with Gasteiger partial charge in [-0.25, -0.2) is 0 Å². The summed E-state index contributed by atoms with van der Waals surface area (Å²) in [6.07, 6.45) is 3.78. The molecule has 0 fully saturated rings. The fourth-order valence-corrected chi connectivity index (χ4v) is 1.86. The van der Waals surface area contributed by atoms with E-state index in [-0.39, 0.29) is 11.0 Å². The zero-order valence-electron chi connectivity index (χ0n) is 7.91. The van der Waals surface area contributed by atoms with E-state index in [1.807, 2.05) is 0 Å². The predicted molar refractivity (Wildman–Crippen MR) is 54.2 cm³/mol. The molecule has 0 saturated carbocycles. The average Bonchev–Trinajstić information content (AvgIpc) is 2.23. The number of nitrogens with zero attached hydrogens (tertiary/aromatic N) is 2. The molecule has 0 aliphatic rings. The van der Waals surface area contributed by atoms with E-state index in [2.05, 4.69) is 0 Å². The third-order valence-electron chi connectivity index (χ3n) is 2.09. The minimum Gasteiger partial charge on any atom is -0.618 e. The fourth-order valence-electron chi connectivity index (χ4n) is 1.33. The first-order chi connectivity index (χ1) is 7.09. The molecule has 1 aromatic carbocycles. The molecule has 0 aliphatic carbocycles. The number of hydrogen-bond acceptors (Lipinski definition) is 3. The Morgan fingerprint density at radius 3 is 2.27 bits per heavy atom. The second-order valence-corrected chi connectivity index (χ2v) is 4.43. The van der Waals surface area contributed by atoms with Crippen molar-refractivity contribution < 1.29 is 14.0 Å². The van der Waals surface area contributed by atoms with Crippen molar-refractivity contribution in [1.29, 1.82) is 0 Å². The van der Waals surface area contributed by atoms with Gasteiger partial charge in [0.1, 0.15) is 6.26 Å². The standard InChI is InChI=1S/C9H8N2O3S/c1-15(14)7-2-3-8-9(6-7)11(13)5-4-10(8)12/h2-6H,1H3. The van der Waals surface area contributed by atoms with Crippen LogP contribution in [0.15, 0.2) is 35.5 Å². The lowest BCUT2D eigenvalue weighted by molar-refractivity contribution is -0.628. The molecule has 1 aromatic heterocycles. The van der Waals surface area contributed by atoms with E-state index in [0.717, 1.165) is 12.4 Å². The molecule has 0 bridgehead atoms. The maximum atomic E-state index is 11.4. The Morgan fingerprint density at radius 1 is 1.07 bits per heavy atom. The number of benzene rings is 1. The van der Waals surface area contributed by atoms with Gasteiger partial charge in [0.05, 0.1) is 6.07 Å². The Kier molecular flexibility index (Phi) is 2.37. The van der Waals surface area contributed by atoms with Crippen molar-refractivity contribution in [3.63, 3.8) is 0 Å². The molecule has 0 saturated heterocycles. The monoisotopic (exact) mass is 224 g/mol. The van der Waals surface area contributed by atoms with Gasteiger partial charge < -0.3 is 15.0 Å². The van der Waals surface area contributed by atoms with Gasteiger partial charge in [0.2, 0.25) is 12.4 Å². The van der Waals surface area contributed by atoms with Crippen molar-refractivity contribution in [2.75, 3.05) is 6.26 Å². The summed E-state index contributed by atoms with van der Waals surface area (Å²) in [6.45, 7) is 0. The summed E-state index contributed by atoms with van der Waals surface area (Å²) in [6, 6.07) is 4.53. The lowest BCUT2D eigenvalue weighted by Gasteiger charge is -2.05. The van der Waals surface area contributed by atoms with Crippen molar-refractivity contribution in [1.82, 2.24) is 0 Å². The summed E-state index contributed by atoms with van der Waals surface area (Å²) >= 11 is -1.16. The van der Waals surface area contributed by atoms with Crippen molar-refractivity contribution in [3.05, 3.63) is 41.0 Å².